The molecule has 0 aliphatic rings. The maximum absolute atomic E-state index is 5.79. The van der Waals surface area contributed by atoms with E-state index in [0.29, 0.717) is 11.6 Å². The average molecular weight is 295 g/mol. The molecule has 0 bridgehead atoms. The SMILES string of the molecule is NCC#Cc1ccc(CSc2ccc(Cl)cn2)s1. The summed E-state index contributed by atoms with van der Waals surface area (Å²) in [6.07, 6.45) is 1.66. The molecule has 2 rings (SSSR count). The minimum absolute atomic E-state index is 0.399. The van der Waals surface area contributed by atoms with E-state index in [0.717, 1.165) is 15.7 Å². The lowest BCUT2D eigenvalue weighted by atomic mass is 10.4. The van der Waals surface area contributed by atoms with Gasteiger partial charge in [0.2, 0.25) is 0 Å². The normalized spacial score (nSPS) is 9.89. The predicted octanol–water partition coefficient (Wildman–Crippen LogP) is 3.40. The Bertz CT molecular complexity index is 567. The quantitative estimate of drug-likeness (QED) is 0.696. The summed E-state index contributed by atoms with van der Waals surface area (Å²) < 4.78 is 0. The molecule has 0 saturated heterocycles. The van der Waals surface area contributed by atoms with Crippen LogP contribution in [0.3, 0.4) is 0 Å². The molecule has 0 aliphatic heterocycles. The lowest BCUT2D eigenvalue weighted by Gasteiger charge is -1.98. The molecule has 0 aliphatic carbocycles. The summed E-state index contributed by atoms with van der Waals surface area (Å²) in [5, 5.41) is 1.64. The third-order valence-electron chi connectivity index (χ3n) is 2.04. The molecular formula is C13H11ClN2S2. The van der Waals surface area contributed by atoms with Gasteiger partial charge in [0.1, 0.15) is 0 Å². The molecule has 0 fully saturated rings. The van der Waals surface area contributed by atoms with Gasteiger partial charge in [-0.25, -0.2) is 4.98 Å². The minimum Gasteiger partial charge on any atom is -0.320 e. The van der Waals surface area contributed by atoms with Crippen LogP contribution in [0.2, 0.25) is 5.02 Å². The highest BCUT2D eigenvalue weighted by Gasteiger charge is 2.01. The van der Waals surface area contributed by atoms with Crippen LogP contribution >= 0.6 is 34.7 Å². The number of hydrogen-bond acceptors (Lipinski definition) is 4. The van der Waals surface area contributed by atoms with E-state index < -0.39 is 0 Å². The van der Waals surface area contributed by atoms with Crippen molar-refractivity contribution in [3.05, 3.63) is 45.2 Å². The van der Waals surface area contributed by atoms with Crippen LogP contribution in [-0.4, -0.2) is 11.5 Å². The highest BCUT2D eigenvalue weighted by Crippen LogP contribution is 2.25. The summed E-state index contributed by atoms with van der Waals surface area (Å²) in [4.78, 5) is 6.57. The van der Waals surface area contributed by atoms with Crippen molar-refractivity contribution in [3.63, 3.8) is 0 Å². The van der Waals surface area contributed by atoms with E-state index in [1.807, 2.05) is 18.2 Å². The molecule has 0 unspecified atom stereocenters. The Morgan fingerprint density at radius 2 is 2.22 bits per heavy atom. The molecule has 2 aromatic heterocycles. The van der Waals surface area contributed by atoms with Gasteiger partial charge in [-0.1, -0.05) is 23.4 Å². The van der Waals surface area contributed by atoms with Gasteiger partial charge in [-0.2, -0.15) is 0 Å². The number of rotatable bonds is 3. The first-order chi connectivity index (χ1) is 8.78. The van der Waals surface area contributed by atoms with E-state index in [1.54, 1.807) is 29.3 Å². The van der Waals surface area contributed by atoms with Gasteiger partial charge in [0, 0.05) is 16.8 Å². The molecule has 0 atom stereocenters. The Labute approximate surface area is 120 Å². The summed E-state index contributed by atoms with van der Waals surface area (Å²) in [5.74, 6) is 6.78. The lowest BCUT2D eigenvalue weighted by Crippen LogP contribution is -1.92. The average Bonchev–Trinajstić information content (AvgIpc) is 2.84. The second kappa shape index (κ2) is 6.81. The molecule has 18 heavy (non-hydrogen) atoms. The van der Waals surface area contributed by atoms with E-state index in [2.05, 4.69) is 22.9 Å². The van der Waals surface area contributed by atoms with Gasteiger partial charge in [-0.3, -0.25) is 0 Å². The molecule has 0 amide bonds. The molecule has 2 N–H and O–H groups in total. The van der Waals surface area contributed by atoms with Crippen molar-refractivity contribution in [1.82, 2.24) is 4.98 Å². The van der Waals surface area contributed by atoms with Crippen LogP contribution in [0.1, 0.15) is 9.75 Å². The van der Waals surface area contributed by atoms with Gasteiger partial charge in [-0.05, 0) is 24.3 Å². The largest absolute Gasteiger partial charge is 0.320 e. The highest BCUT2D eigenvalue weighted by molar-refractivity contribution is 7.98. The number of aromatic nitrogens is 1. The van der Waals surface area contributed by atoms with E-state index in [1.165, 1.54) is 4.88 Å². The molecule has 92 valence electrons. The van der Waals surface area contributed by atoms with Crippen molar-refractivity contribution in [2.45, 2.75) is 10.8 Å². The predicted molar refractivity (Wildman–Crippen MR) is 79.1 cm³/mol. The Hall–Kier alpha value is -0.990. The third kappa shape index (κ3) is 4.04. The Morgan fingerprint density at radius 1 is 1.33 bits per heavy atom. The molecule has 0 aromatic carbocycles. The molecule has 5 heteroatoms. The van der Waals surface area contributed by atoms with Crippen molar-refractivity contribution >= 4 is 34.7 Å². The van der Waals surface area contributed by atoms with Crippen molar-refractivity contribution in [2.24, 2.45) is 5.73 Å². The topological polar surface area (TPSA) is 38.9 Å². The highest BCUT2D eigenvalue weighted by atomic mass is 35.5. The fourth-order valence-electron chi connectivity index (χ4n) is 1.25. The van der Waals surface area contributed by atoms with Crippen molar-refractivity contribution < 1.29 is 0 Å². The second-order valence-corrected chi connectivity index (χ2v) is 5.98. The summed E-state index contributed by atoms with van der Waals surface area (Å²) in [7, 11) is 0. The van der Waals surface area contributed by atoms with Gasteiger partial charge in [0.15, 0.2) is 0 Å². The summed E-state index contributed by atoms with van der Waals surface area (Å²) >= 11 is 9.16. The Morgan fingerprint density at radius 3 is 2.94 bits per heavy atom. The summed E-state index contributed by atoms with van der Waals surface area (Å²) in [6.45, 7) is 0.399. The molecule has 2 heterocycles. The van der Waals surface area contributed by atoms with E-state index in [4.69, 9.17) is 17.3 Å². The van der Waals surface area contributed by atoms with E-state index >= 15 is 0 Å². The molecule has 2 nitrogen and oxygen atoms in total. The van der Waals surface area contributed by atoms with Crippen LogP contribution in [0.15, 0.2) is 35.5 Å². The second-order valence-electron chi connectivity index (χ2n) is 3.38. The van der Waals surface area contributed by atoms with E-state index in [-0.39, 0.29) is 0 Å². The first kappa shape index (κ1) is 13.4. The minimum atomic E-state index is 0.399. The first-order valence-electron chi connectivity index (χ1n) is 5.30. The van der Waals surface area contributed by atoms with Crippen LogP contribution in [0.25, 0.3) is 0 Å². The molecule has 0 spiro atoms. The van der Waals surface area contributed by atoms with Crippen LogP contribution in [-0.2, 0) is 5.75 Å². The number of halogens is 1. The van der Waals surface area contributed by atoms with Gasteiger partial charge in [0.05, 0.1) is 21.5 Å². The lowest BCUT2D eigenvalue weighted by molar-refractivity contribution is 1.13. The molecule has 0 radical (unpaired) electrons. The van der Waals surface area contributed by atoms with Crippen molar-refractivity contribution in [3.8, 4) is 11.8 Å². The zero-order valence-corrected chi connectivity index (χ0v) is 11.9. The molecular weight excluding hydrogens is 284 g/mol. The summed E-state index contributed by atoms with van der Waals surface area (Å²) in [5.41, 5.74) is 5.34. The fraction of sp³-hybridized carbons (Fsp3) is 0.154. The Kier molecular flexibility index (Phi) is 5.09. The zero-order chi connectivity index (χ0) is 12.8. The fourth-order valence-corrected chi connectivity index (χ4v) is 3.13. The first-order valence-corrected chi connectivity index (χ1v) is 7.48. The number of pyridine rings is 1. The van der Waals surface area contributed by atoms with Crippen LogP contribution in [0.5, 0.6) is 0 Å². The monoisotopic (exact) mass is 294 g/mol. The molecule has 2 aromatic rings. The number of thiophene rings is 1. The molecule has 0 saturated carbocycles. The number of thioether (sulfide) groups is 1. The van der Waals surface area contributed by atoms with Crippen LogP contribution in [0.4, 0.5) is 0 Å². The maximum atomic E-state index is 5.79. The van der Waals surface area contributed by atoms with Gasteiger partial charge in [0.25, 0.3) is 0 Å². The summed E-state index contributed by atoms with van der Waals surface area (Å²) in [6, 6.07) is 7.89. The van der Waals surface area contributed by atoms with Crippen molar-refractivity contribution in [1.29, 1.82) is 0 Å². The number of nitrogens with zero attached hydrogens (tertiary/aromatic N) is 1. The standard InChI is InChI=1S/C13H11ClN2S2/c14-10-3-6-13(16-8-10)17-9-12-5-4-11(18-12)2-1-7-15/h3-6,8H,7,9,15H2. The number of hydrogen-bond donors (Lipinski definition) is 1. The number of nitrogens with two attached hydrogens (primary N) is 1. The zero-order valence-electron chi connectivity index (χ0n) is 9.52. The third-order valence-corrected chi connectivity index (χ3v) is 4.44. The smallest absolute Gasteiger partial charge is 0.0964 e. The van der Waals surface area contributed by atoms with Crippen LogP contribution in [0, 0.1) is 11.8 Å². The van der Waals surface area contributed by atoms with Gasteiger partial charge >= 0.3 is 0 Å². The van der Waals surface area contributed by atoms with Gasteiger partial charge < -0.3 is 5.73 Å². The maximum Gasteiger partial charge on any atom is 0.0964 e. The Balaban J connectivity index is 1.94. The van der Waals surface area contributed by atoms with Crippen molar-refractivity contribution in [2.75, 3.05) is 6.54 Å². The van der Waals surface area contributed by atoms with E-state index in [9.17, 15) is 0 Å². The van der Waals surface area contributed by atoms with Crippen LogP contribution < -0.4 is 5.73 Å². The van der Waals surface area contributed by atoms with Gasteiger partial charge in [-0.15, -0.1) is 23.1 Å².